The highest BCUT2D eigenvalue weighted by Crippen LogP contribution is 2.14. The molecule has 24 heavy (non-hydrogen) atoms. The Morgan fingerprint density at radius 2 is 1.71 bits per heavy atom. The number of carbonyl (C=O) groups excluding carboxylic acids is 2. The molecule has 1 aromatic carbocycles. The van der Waals surface area contributed by atoms with Crippen LogP contribution in [-0.4, -0.2) is 64.5 Å². The Hall–Kier alpha value is -1.51. The summed E-state index contributed by atoms with van der Waals surface area (Å²) in [5, 5.41) is 34.5. The monoisotopic (exact) mass is 356 g/mol. The number of aliphatic hydroxyl groups is 3. The van der Waals surface area contributed by atoms with E-state index in [9.17, 15) is 19.8 Å². The van der Waals surface area contributed by atoms with Gasteiger partial charge in [-0.3, -0.25) is 9.59 Å². The molecular weight excluding hydrogens is 336 g/mol. The molecule has 0 unspecified atom stereocenters. The standard InChI is InChI=1S/C16H21ClN2O5/c17-10-3-1-9(2-4-10)13(21)5-6-14(22)18-7-11-15(23)16(24)12(8-20)19-11/h1-4,11-12,15-16,19-20,23-24H,5-8H2,(H,18,22)/t11-,12-,15-,16-/m1/s1. The molecule has 1 aliphatic rings. The van der Waals surface area contributed by atoms with Crippen molar-refractivity contribution in [1.82, 2.24) is 10.6 Å². The van der Waals surface area contributed by atoms with E-state index in [-0.39, 0.29) is 37.7 Å². The lowest BCUT2D eigenvalue weighted by Crippen LogP contribution is -2.44. The van der Waals surface area contributed by atoms with Crippen molar-refractivity contribution in [3.63, 3.8) is 0 Å². The van der Waals surface area contributed by atoms with Gasteiger partial charge in [-0.15, -0.1) is 0 Å². The Labute approximate surface area is 144 Å². The molecule has 5 N–H and O–H groups in total. The summed E-state index contributed by atoms with van der Waals surface area (Å²) in [7, 11) is 0. The molecule has 1 aliphatic heterocycles. The Kier molecular flexibility index (Phi) is 6.70. The molecule has 1 amide bonds. The van der Waals surface area contributed by atoms with E-state index < -0.39 is 24.3 Å². The molecular formula is C16H21ClN2O5. The molecule has 1 saturated heterocycles. The number of ketones is 1. The SMILES string of the molecule is O=C(CCC(=O)c1ccc(Cl)cc1)NC[C@H]1N[C@H](CO)[C@@H](O)[C@@H]1O. The fourth-order valence-corrected chi connectivity index (χ4v) is 2.73. The first-order valence-corrected chi connectivity index (χ1v) is 8.08. The molecule has 1 fully saturated rings. The van der Waals surface area contributed by atoms with Crippen LogP contribution in [0.1, 0.15) is 23.2 Å². The third kappa shape index (κ3) is 4.75. The number of aliphatic hydroxyl groups excluding tert-OH is 3. The van der Waals surface area contributed by atoms with Crippen LogP contribution in [0.4, 0.5) is 0 Å². The van der Waals surface area contributed by atoms with E-state index in [2.05, 4.69) is 10.6 Å². The van der Waals surface area contributed by atoms with Crippen LogP contribution >= 0.6 is 11.6 Å². The summed E-state index contributed by atoms with van der Waals surface area (Å²) < 4.78 is 0. The number of hydrogen-bond acceptors (Lipinski definition) is 6. The van der Waals surface area contributed by atoms with Crippen LogP contribution in [0.15, 0.2) is 24.3 Å². The van der Waals surface area contributed by atoms with Crippen LogP contribution in [0.25, 0.3) is 0 Å². The normalized spacial score (nSPS) is 26.3. The zero-order valence-corrected chi connectivity index (χ0v) is 13.7. The van der Waals surface area contributed by atoms with Gasteiger partial charge in [0.25, 0.3) is 0 Å². The van der Waals surface area contributed by atoms with Crippen molar-refractivity contribution >= 4 is 23.3 Å². The van der Waals surface area contributed by atoms with Gasteiger partial charge in [-0.1, -0.05) is 11.6 Å². The van der Waals surface area contributed by atoms with Gasteiger partial charge in [0.15, 0.2) is 5.78 Å². The zero-order valence-electron chi connectivity index (χ0n) is 13.0. The molecule has 0 aliphatic carbocycles. The van der Waals surface area contributed by atoms with Crippen molar-refractivity contribution in [1.29, 1.82) is 0 Å². The van der Waals surface area contributed by atoms with E-state index in [1.165, 1.54) is 0 Å². The highest BCUT2D eigenvalue weighted by molar-refractivity contribution is 6.30. The second kappa shape index (κ2) is 8.55. The van der Waals surface area contributed by atoms with E-state index in [0.29, 0.717) is 10.6 Å². The number of carbonyl (C=O) groups is 2. The first-order valence-electron chi connectivity index (χ1n) is 7.71. The van der Waals surface area contributed by atoms with Gasteiger partial charge in [0.2, 0.25) is 5.91 Å². The highest BCUT2D eigenvalue weighted by Gasteiger charge is 2.40. The second-order valence-electron chi connectivity index (χ2n) is 5.78. The van der Waals surface area contributed by atoms with Gasteiger partial charge in [-0.2, -0.15) is 0 Å². The lowest BCUT2D eigenvalue weighted by atomic mass is 10.1. The average Bonchev–Trinajstić information content (AvgIpc) is 2.86. The maximum absolute atomic E-state index is 12.0. The van der Waals surface area contributed by atoms with Crippen molar-refractivity contribution in [3.8, 4) is 0 Å². The third-order valence-electron chi connectivity index (χ3n) is 4.06. The molecule has 0 bridgehead atoms. The molecule has 7 nitrogen and oxygen atoms in total. The molecule has 4 atom stereocenters. The number of amides is 1. The molecule has 8 heteroatoms. The van der Waals surface area contributed by atoms with Crippen molar-refractivity contribution in [2.24, 2.45) is 0 Å². The van der Waals surface area contributed by atoms with Crippen LogP contribution in [0.3, 0.4) is 0 Å². The summed E-state index contributed by atoms with van der Waals surface area (Å²) in [6.07, 6.45) is -2.06. The molecule has 0 aromatic heterocycles. The number of rotatable bonds is 7. The van der Waals surface area contributed by atoms with Crippen molar-refractivity contribution in [3.05, 3.63) is 34.9 Å². The van der Waals surface area contributed by atoms with E-state index >= 15 is 0 Å². The summed E-state index contributed by atoms with van der Waals surface area (Å²) in [4.78, 5) is 23.8. The van der Waals surface area contributed by atoms with Gasteiger partial charge in [-0.25, -0.2) is 0 Å². The Balaban J connectivity index is 1.74. The topological polar surface area (TPSA) is 119 Å². The van der Waals surface area contributed by atoms with Gasteiger partial charge < -0.3 is 26.0 Å². The van der Waals surface area contributed by atoms with Gasteiger partial charge in [0.1, 0.15) is 0 Å². The summed E-state index contributed by atoms with van der Waals surface area (Å²) >= 11 is 5.75. The van der Waals surface area contributed by atoms with Crippen LogP contribution in [0.5, 0.6) is 0 Å². The van der Waals surface area contributed by atoms with Gasteiger partial charge in [0, 0.05) is 30.0 Å². The van der Waals surface area contributed by atoms with Crippen molar-refractivity contribution in [2.75, 3.05) is 13.2 Å². The molecule has 0 spiro atoms. The summed E-state index contributed by atoms with van der Waals surface area (Å²) in [5.41, 5.74) is 0.494. The summed E-state index contributed by atoms with van der Waals surface area (Å²) in [5.74, 6) is -0.482. The quantitative estimate of drug-likeness (QED) is 0.419. The number of benzene rings is 1. The Morgan fingerprint density at radius 1 is 1.08 bits per heavy atom. The van der Waals surface area contributed by atoms with Crippen molar-refractivity contribution in [2.45, 2.75) is 37.1 Å². The molecule has 1 heterocycles. The van der Waals surface area contributed by atoms with Crippen LogP contribution in [-0.2, 0) is 4.79 Å². The maximum Gasteiger partial charge on any atom is 0.220 e. The lowest BCUT2D eigenvalue weighted by molar-refractivity contribution is -0.121. The number of hydrogen-bond donors (Lipinski definition) is 5. The highest BCUT2D eigenvalue weighted by atomic mass is 35.5. The van der Waals surface area contributed by atoms with Gasteiger partial charge >= 0.3 is 0 Å². The predicted molar refractivity (Wildman–Crippen MR) is 87.8 cm³/mol. The van der Waals surface area contributed by atoms with Crippen LogP contribution in [0.2, 0.25) is 5.02 Å². The molecule has 0 saturated carbocycles. The van der Waals surface area contributed by atoms with Gasteiger partial charge in [-0.05, 0) is 24.3 Å². The van der Waals surface area contributed by atoms with Crippen LogP contribution in [0, 0.1) is 0 Å². The van der Waals surface area contributed by atoms with E-state index in [4.69, 9.17) is 16.7 Å². The first-order chi connectivity index (χ1) is 11.4. The Morgan fingerprint density at radius 3 is 2.29 bits per heavy atom. The van der Waals surface area contributed by atoms with E-state index in [0.717, 1.165) is 0 Å². The number of nitrogens with one attached hydrogen (secondary N) is 2. The summed E-state index contributed by atoms with van der Waals surface area (Å²) in [6.45, 7) is -0.207. The Bertz CT molecular complexity index is 580. The number of Topliss-reactive ketones (excluding diaryl/α,β-unsaturated/α-hetero) is 1. The number of halogens is 1. The molecule has 0 radical (unpaired) electrons. The minimum absolute atomic E-state index is 0.0241. The maximum atomic E-state index is 12.0. The predicted octanol–water partition coefficient (Wildman–Crippen LogP) is -0.526. The van der Waals surface area contributed by atoms with E-state index in [1.54, 1.807) is 24.3 Å². The molecule has 1 aromatic rings. The average molecular weight is 357 g/mol. The minimum atomic E-state index is -1.08. The second-order valence-corrected chi connectivity index (χ2v) is 6.21. The lowest BCUT2D eigenvalue weighted by Gasteiger charge is -2.16. The largest absolute Gasteiger partial charge is 0.395 e. The van der Waals surface area contributed by atoms with Crippen molar-refractivity contribution < 1.29 is 24.9 Å². The smallest absolute Gasteiger partial charge is 0.220 e. The molecule has 2 rings (SSSR count). The molecule has 132 valence electrons. The fraction of sp³-hybridized carbons (Fsp3) is 0.500. The minimum Gasteiger partial charge on any atom is -0.395 e. The summed E-state index contributed by atoms with van der Waals surface area (Å²) in [6, 6.07) is 5.28. The third-order valence-corrected chi connectivity index (χ3v) is 4.32. The van der Waals surface area contributed by atoms with E-state index in [1.807, 2.05) is 0 Å². The van der Waals surface area contributed by atoms with Gasteiger partial charge in [0.05, 0.1) is 30.9 Å². The fourth-order valence-electron chi connectivity index (χ4n) is 2.61. The first kappa shape index (κ1) is 18.8. The van der Waals surface area contributed by atoms with Crippen LogP contribution < -0.4 is 10.6 Å². The zero-order chi connectivity index (χ0) is 17.7.